The smallest absolute Gasteiger partial charge is 0.119 e. The number of phenols is 2. The van der Waals surface area contributed by atoms with Crippen molar-refractivity contribution in [2.24, 2.45) is 0 Å². The molecule has 4 nitrogen and oxygen atoms in total. The van der Waals surface area contributed by atoms with Gasteiger partial charge >= 0.3 is 0 Å². The number of benzene rings is 1. The molecule has 2 rings (SSSR count). The first kappa shape index (κ1) is 13.1. The van der Waals surface area contributed by atoms with Crippen molar-refractivity contribution in [2.75, 3.05) is 32.9 Å². The van der Waals surface area contributed by atoms with Gasteiger partial charge in [0.2, 0.25) is 0 Å². The van der Waals surface area contributed by atoms with Crippen LogP contribution in [0.15, 0.2) is 18.2 Å². The Balaban J connectivity index is 2.22. The molecule has 1 heterocycles. The molecule has 0 radical (unpaired) electrons. The van der Waals surface area contributed by atoms with Crippen molar-refractivity contribution >= 4 is 0 Å². The average Bonchev–Trinajstić information content (AvgIpc) is 2.36. The van der Waals surface area contributed by atoms with Crippen molar-refractivity contribution in [3.05, 3.63) is 23.8 Å². The molecule has 5 heteroatoms. The molecule has 1 saturated heterocycles. The second-order valence-corrected chi connectivity index (χ2v) is 4.56. The Morgan fingerprint density at radius 2 is 1.78 bits per heavy atom. The van der Waals surface area contributed by atoms with E-state index in [9.17, 15) is 14.6 Å². The number of rotatable bonds is 4. The van der Waals surface area contributed by atoms with Crippen molar-refractivity contribution in [1.82, 2.24) is 10.2 Å². The largest absolute Gasteiger partial charge is 0.508 e. The van der Waals surface area contributed by atoms with Crippen LogP contribution in [0.25, 0.3) is 0 Å². The van der Waals surface area contributed by atoms with Gasteiger partial charge in [-0.05, 0) is 24.1 Å². The van der Waals surface area contributed by atoms with E-state index in [-0.39, 0.29) is 17.5 Å². The van der Waals surface area contributed by atoms with Crippen LogP contribution < -0.4 is 5.32 Å². The molecule has 100 valence electrons. The summed E-state index contributed by atoms with van der Waals surface area (Å²) in [5.74, 6) is 0.0352. The van der Waals surface area contributed by atoms with Crippen LogP contribution in [0, 0.1) is 0 Å². The summed E-state index contributed by atoms with van der Waals surface area (Å²) in [6.07, 6.45) is 0.378. The van der Waals surface area contributed by atoms with E-state index in [1.165, 1.54) is 6.07 Å². The first-order valence-corrected chi connectivity index (χ1v) is 6.24. The van der Waals surface area contributed by atoms with E-state index in [1.807, 2.05) is 0 Å². The molecule has 1 aliphatic rings. The highest BCUT2D eigenvalue weighted by molar-refractivity contribution is 5.38. The summed E-state index contributed by atoms with van der Waals surface area (Å²) in [4.78, 5) is 2.18. The maximum atomic E-state index is 12.7. The molecule has 0 unspecified atom stereocenters. The van der Waals surface area contributed by atoms with Gasteiger partial charge in [-0.15, -0.1) is 0 Å². The van der Waals surface area contributed by atoms with Crippen LogP contribution in [0.1, 0.15) is 18.0 Å². The number of hydrogen-bond donors (Lipinski definition) is 3. The van der Waals surface area contributed by atoms with E-state index in [2.05, 4.69) is 10.2 Å². The maximum Gasteiger partial charge on any atom is 0.119 e. The fourth-order valence-corrected chi connectivity index (χ4v) is 2.47. The quantitative estimate of drug-likeness (QED) is 0.760. The van der Waals surface area contributed by atoms with Crippen molar-refractivity contribution in [3.8, 4) is 11.5 Å². The van der Waals surface area contributed by atoms with E-state index < -0.39 is 6.67 Å². The summed E-state index contributed by atoms with van der Waals surface area (Å²) in [7, 11) is 0. The summed E-state index contributed by atoms with van der Waals surface area (Å²) in [6.45, 7) is 3.05. The van der Waals surface area contributed by atoms with Crippen LogP contribution in [0.4, 0.5) is 4.39 Å². The Morgan fingerprint density at radius 1 is 1.17 bits per heavy atom. The van der Waals surface area contributed by atoms with E-state index in [0.717, 1.165) is 31.7 Å². The highest BCUT2D eigenvalue weighted by Crippen LogP contribution is 2.30. The molecule has 1 aliphatic heterocycles. The Labute approximate surface area is 106 Å². The molecule has 1 aromatic rings. The van der Waals surface area contributed by atoms with Crippen molar-refractivity contribution in [2.45, 2.75) is 12.5 Å². The number of aromatic hydroxyl groups is 2. The lowest BCUT2D eigenvalue weighted by atomic mass is 10.0. The Hall–Kier alpha value is -1.33. The molecule has 1 aromatic carbocycles. The van der Waals surface area contributed by atoms with Gasteiger partial charge in [0.05, 0.1) is 6.67 Å². The third-order valence-electron chi connectivity index (χ3n) is 3.28. The zero-order chi connectivity index (χ0) is 13.0. The lowest BCUT2D eigenvalue weighted by Gasteiger charge is -2.35. The first-order chi connectivity index (χ1) is 8.70. The number of alkyl halides is 1. The van der Waals surface area contributed by atoms with Crippen LogP contribution in [0.5, 0.6) is 11.5 Å². The van der Waals surface area contributed by atoms with Gasteiger partial charge in [0, 0.05) is 38.3 Å². The number of hydrogen-bond acceptors (Lipinski definition) is 4. The molecule has 0 amide bonds. The van der Waals surface area contributed by atoms with Crippen molar-refractivity contribution in [1.29, 1.82) is 0 Å². The summed E-state index contributed by atoms with van der Waals surface area (Å²) in [6, 6.07) is 4.40. The fraction of sp³-hybridized carbons (Fsp3) is 0.538. The van der Waals surface area contributed by atoms with Gasteiger partial charge in [-0.2, -0.15) is 0 Å². The highest BCUT2D eigenvalue weighted by Gasteiger charge is 2.22. The normalized spacial score (nSPS) is 18.7. The number of phenolic OH excluding ortho intramolecular Hbond substituents is 2. The Kier molecular flexibility index (Phi) is 4.38. The predicted molar refractivity (Wildman–Crippen MR) is 67.5 cm³/mol. The standard InChI is InChI=1S/C13H19FN2O2/c14-2-1-13(16-5-3-15-4-6-16)10-7-11(17)9-12(18)8-10/h7-9,13,15,17-18H,1-6H2/t13-/m0/s1. The van der Waals surface area contributed by atoms with Crippen molar-refractivity contribution in [3.63, 3.8) is 0 Å². The Bertz CT molecular complexity index is 374. The number of piperazine rings is 1. The molecule has 0 aromatic heterocycles. The molecule has 1 atom stereocenters. The number of halogens is 1. The van der Waals surface area contributed by atoms with Crippen LogP contribution in [-0.2, 0) is 0 Å². The summed E-state index contributed by atoms with van der Waals surface area (Å²) in [5, 5.41) is 22.3. The lowest BCUT2D eigenvalue weighted by Crippen LogP contribution is -2.45. The van der Waals surface area contributed by atoms with Crippen LogP contribution >= 0.6 is 0 Å². The third kappa shape index (κ3) is 3.11. The topological polar surface area (TPSA) is 55.7 Å². The second kappa shape index (κ2) is 6.02. The van der Waals surface area contributed by atoms with Gasteiger partial charge in [-0.25, -0.2) is 0 Å². The highest BCUT2D eigenvalue weighted by atomic mass is 19.1. The molecule has 18 heavy (non-hydrogen) atoms. The van der Waals surface area contributed by atoms with Crippen molar-refractivity contribution < 1.29 is 14.6 Å². The third-order valence-corrected chi connectivity index (χ3v) is 3.28. The first-order valence-electron chi connectivity index (χ1n) is 6.24. The van der Waals surface area contributed by atoms with Gasteiger partial charge in [-0.3, -0.25) is 9.29 Å². The van der Waals surface area contributed by atoms with E-state index in [4.69, 9.17) is 0 Å². The zero-order valence-electron chi connectivity index (χ0n) is 10.3. The molecular formula is C13H19FN2O2. The number of nitrogens with zero attached hydrogens (tertiary/aromatic N) is 1. The molecule has 3 N–H and O–H groups in total. The van der Waals surface area contributed by atoms with Gasteiger partial charge in [0.25, 0.3) is 0 Å². The number of nitrogens with one attached hydrogen (secondary N) is 1. The second-order valence-electron chi connectivity index (χ2n) is 4.56. The molecule has 0 bridgehead atoms. The Morgan fingerprint density at radius 3 is 2.33 bits per heavy atom. The summed E-state index contributed by atoms with van der Waals surface area (Å²) in [5.41, 5.74) is 0.770. The summed E-state index contributed by atoms with van der Waals surface area (Å²) >= 11 is 0. The maximum absolute atomic E-state index is 12.7. The van der Waals surface area contributed by atoms with E-state index in [0.29, 0.717) is 6.42 Å². The minimum absolute atomic E-state index is 0.0176. The molecule has 0 spiro atoms. The van der Waals surface area contributed by atoms with Crippen LogP contribution in [0.3, 0.4) is 0 Å². The summed E-state index contributed by atoms with van der Waals surface area (Å²) < 4.78 is 12.7. The van der Waals surface area contributed by atoms with Crippen LogP contribution in [0.2, 0.25) is 0 Å². The minimum atomic E-state index is -0.412. The van der Waals surface area contributed by atoms with E-state index >= 15 is 0 Å². The van der Waals surface area contributed by atoms with Gasteiger partial charge in [0.1, 0.15) is 11.5 Å². The SMILES string of the molecule is Oc1cc(O)cc([C@H](CCF)N2CCNCC2)c1. The fourth-order valence-electron chi connectivity index (χ4n) is 2.47. The van der Waals surface area contributed by atoms with Crippen LogP contribution in [-0.4, -0.2) is 48.0 Å². The molecule has 0 aliphatic carbocycles. The van der Waals surface area contributed by atoms with Gasteiger partial charge in [-0.1, -0.05) is 0 Å². The lowest BCUT2D eigenvalue weighted by molar-refractivity contribution is 0.157. The van der Waals surface area contributed by atoms with Gasteiger partial charge < -0.3 is 15.5 Å². The average molecular weight is 254 g/mol. The van der Waals surface area contributed by atoms with Gasteiger partial charge in [0.15, 0.2) is 0 Å². The minimum Gasteiger partial charge on any atom is -0.508 e. The predicted octanol–water partition coefficient (Wildman–Crippen LogP) is 1.40. The van der Waals surface area contributed by atoms with E-state index in [1.54, 1.807) is 12.1 Å². The zero-order valence-corrected chi connectivity index (χ0v) is 10.3. The molecule has 1 fully saturated rings. The molecular weight excluding hydrogens is 235 g/mol. The molecule has 0 saturated carbocycles. The monoisotopic (exact) mass is 254 g/mol.